The molecule has 1 heterocycles. The van der Waals surface area contributed by atoms with Crippen molar-refractivity contribution in [2.75, 3.05) is 32.8 Å². The number of benzene rings is 1. The van der Waals surface area contributed by atoms with Crippen LogP contribution in [0.25, 0.3) is 0 Å². The van der Waals surface area contributed by atoms with E-state index in [9.17, 15) is 14.9 Å². The first kappa shape index (κ1) is 14.7. The molecule has 1 aromatic rings. The quantitative estimate of drug-likeness (QED) is 0.655. The first-order chi connectivity index (χ1) is 9.59. The predicted octanol–water partition coefficient (Wildman–Crippen LogP) is 1.17. The van der Waals surface area contributed by atoms with Crippen LogP contribution in [0.1, 0.15) is 0 Å². The first-order valence-corrected chi connectivity index (χ1v) is 6.93. The highest BCUT2D eigenvalue weighted by atomic mass is 79.9. The molecule has 1 aliphatic rings. The van der Waals surface area contributed by atoms with Gasteiger partial charge in [-0.25, -0.2) is 0 Å². The largest absolute Gasteiger partial charge is 0.476 e. The number of para-hydroxylation sites is 1. The highest BCUT2D eigenvalue weighted by Crippen LogP contribution is 2.34. The molecule has 1 fully saturated rings. The van der Waals surface area contributed by atoms with E-state index in [0.29, 0.717) is 17.6 Å². The zero-order chi connectivity index (χ0) is 14.5. The zero-order valence-electron chi connectivity index (χ0n) is 10.7. The highest BCUT2D eigenvalue weighted by molar-refractivity contribution is 9.10. The number of halogens is 1. The van der Waals surface area contributed by atoms with E-state index in [4.69, 9.17) is 4.74 Å². The van der Waals surface area contributed by atoms with Gasteiger partial charge in [-0.1, -0.05) is 6.07 Å². The number of hydrogen-bond acceptors (Lipinski definition) is 5. The maximum Gasteiger partial charge on any atom is 0.312 e. The van der Waals surface area contributed by atoms with Gasteiger partial charge in [0, 0.05) is 32.2 Å². The molecule has 8 heteroatoms. The number of rotatable bonds is 4. The van der Waals surface area contributed by atoms with E-state index in [1.807, 2.05) is 0 Å². The minimum Gasteiger partial charge on any atom is -0.476 e. The van der Waals surface area contributed by atoms with Crippen molar-refractivity contribution in [3.8, 4) is 5.75 Å². The van der Waals surface area contributed by atoms with Crippen LogP contribution in [-0.4, -0.2) is 48.5 Å². The van der Waals surface area contributed by atoms with Gasteiger partial charge in [0.1, 0.15) is 0 Å². The molecule has 0 aliphatic carbocycles. The summed E-state index contributed by atoms with van der Waals surface area (Å²) in [5.74, 6) is -0.0856. The molecule has 108 valence electrons. The number of ether oxygens (including phenoxy) is 1. The Balaban J connectivity index is 2.03. The second-order valence-corrected chi connectivity index (χ2v) is 5.12. The molecule has 1 saturated heterocycles. The maximum absolute atomic E-state index is 12.0. The fourth-order valence-corrected chi connectivity index (χ4v) is 2.39. The molecule has 2 rings (SSSR count). The van der Waals surface area contributed by atoms with Crippen LogP contribution in [0.2, 0.25) is 0 Å². The van der Waals surface area contributed by atoms with Crippen molar-refractivity contribution in [1.29, 1.82) is 0 Å². The van der Waals surface area contributed by atoms with Crippen LogP contribution in [0.15, 0.2) is 22.7 Å². The van der Waals surface area contributed by atoms with Crippen LogP contribution in [-0.2, 0) is 4.79 Å². The fraction of sp³-hybridized carbons (Fsp3) is 0.417. The van der Waals surface area contributed by atoms with Crippen LogP contribution < -0.4 is 10.1 Å². The van der Waals surface area contributed by atoms with Crippen molar-refractivity contribution >= 4 is 27.5 Å². The minimum absolute atomic E-state index is 0.0842. The molecular weight excluding hydrogens is 330 g/mol. The van der Waals surface area contributed by atoms with Gasteiger partial charge in [0.05, 0.1) is 9.40 Å². The Morgan fingerprint density at radius 2 is 2.15 bits per heavy atom. The van der Waals surface area contributed by atoms with Crippen molar-refractivity contribution in [2.45, 2.75) is 0 Å². The number of carbonyl (C=O) groups is 1. The Bertz CT molecular complexity index is 517. The van der Waals surface area contributed by atoms with Gasteiger partial charge in [-0.3, -0.25) is 14.9 Å². The number of nitro benzene ring substituents is 1. The molecule has 0 saturated carbocycles. The summed E-state index contributed by atoms with van der Waals surface area (Å²) < 4.78 is 5.80. The van der Waals surface area contributed by atoms with Crippen molar-refractivity contribution < 1.29 is 14.5 Å². The van der Waals surface area contributed by atoms with Crippen molar-refractivity contribution in [2.24, 2.45) is 0 Å². The monoisotopic (exact) mass is 343 g/mol. The van der Waals surface area contributed by atoms with Crippen LogP contribution in [0, 0.1) is 10.1 Å². The molecular formula is C12H14BrN3O4. The second-order valence-electron chi connectivity index (χ2n) is 4.26. The van der Waals surface area contributed by atoms with Crippen LogP contribution in [0.5, 0.6) is 5.75 Å². The number of nitro groups is 1. The molecule has 1 aliphatic heterocycles. The van der Waals surface area contributed by atoms with E-state index in [1.165, 1.54) is 6.07 Å². The van der Waals surface area contributed by atoms with E-state index in [1.54, 1.807) is 17.0 Å². The number of hydrogen-bond donors (Lipinski definition) is 1. The molecule has 0 atom stereocenters. The Hall–Kier alpha value is -1.67. The lowest BCUT2D eigenvalue weighted by molar-refractivity contribution is -0.385. The summed E-state index contributed by atoms with van der Waals surface area (Å²) in [4.78, 5) is 24.0. The van der Waals surface area contributed by atoms with Gasteiger partial charge in [0.2, 0.25) is 5.75 Å². The third-order valence-corrected chi connectivity index (χ3v) is 3.58. The summed E-state index contributed by atoms with van der Waals surface area (Å²) in [5.41, 5.74) is -0.160. The summed E-state index contributed by atoms with van der Waals surface area (Å²) in [6.07, 6.45) is 0. The average molecular weight is 344 g/mol. The number of carbonyl (C=O) groups excluding carboxylic acids is 1. The van der Waals surface area contributed by atoms with E-state index in [2.05, 4.69) is 21.2 Å². The zero-order valence-corrected chi connectivity index (χ0v) is 12.3. The van der Waals surface area contributed by atoms with Crippen molar-refractivity contribution in [3.63, 3.8) is 0 Å². The Kier molecular flexibility index (Phi) is 4.91. The van der Waals surface area contributed by atoms with Gasteiger partial charge >= 0.3 is 5.69 Å². The van der Waals surface area contributed by atoms with Crippen LogP contribution >= 0.6 is 15.9 Å². The smallest absolute Gasteiger partial charge is 0.312 e. The van der Waals surface area contributed by atoms with Crippen molar-refractivity contribution in [1.82, 2.24) is 10.2 Å². The number of amides is 1. The molecule has 0 radical (unpaired) electrons. The maximum atomic E-state index is 12.0. The third kappa shape index (κ3) is 3.45. The molecule has 0 bridgehead atoms. The Morgan fingerprint density at radius 1 is 1.45 bits per heavy atom. The SMILES string of the molecule is O=C(COc1c(Br)cccc1[N+](=O)[O-])N1CCNCC1. The number of nitrogens with one attached hydrogen (secondary N) is 1. The minimum atomic E-state index is -0.532. The Labute approximate surface area is 124 Å². The number of nitrogens with zero attached hydrogens (tertiary/aromatic N) is 2. The van der Waals surface area contributed by atoms with Crippen molar-refractivity contribution in [3.05, 3.63) is 32.8 Å². The summed E-state index contributed by atoms with van der Waals surface area (Å²) >= 11 is 3.20. The normalized spacial score (nSPS) is 14.9. The lowest BCUT2D eigenvalue weighted by Crippen LogP contribution is -2.47. The molecule has 0 aromatic heterocycles. The Morgan fingerprint density at radius 3 is 2.80 bits per heavy atom. The third-order valence-electron chi connectivity index (χ3n) is 2.95. The number of piperazine rings is 1. The van der Waals surface area contributed by atoms with Gasteiger partial charge in [-0.2, -0.15) is 0 Å². The highest BCUT2D eigenvalue weighted by Gasteiger charge is 2.21. The lowest BCUT2D eigenvalue weighted by atomic mass is 10.3. The second kappa shape index (κ2) is 6.67. The standard InChI is InChI=1S/C12H14BrN3O4/c13-9-2-1-3-10(16(18)19)12(9)20-8-11(17)15-6-4-14-5-7-15/h1-3,14H,4-8H2. The van der Waals surface area contributed by atoms with Crippen LogP contribution in [0.4, 0.5) is 5.69 Å². The summed E-state index contributed by atoms with van der Waals surface area (Å²) in [6.45, 7) is 2.55. The topological polar surface area (TPSA) is 84.7 Å². The summed E-state index contributed by atoms with van der Waals surface area (Å²) in [6, 6.07) is 4.53. The van der Waals surface area contributed by atoms with E-state index in [-0.39, 0.29) is 24.0 Å². The van der Waals surface area contributed by atoms with Gasteiger partial charge in [-0.05, 0) is 22.0 Å². The summed E-state index contributed by atoms with van der Waals surface area (Å²) in [7, 11) is 0. The van der Waals surface area contributed by atoms with Gasteiger partial charge in [0.25, 0.3) is 5.91 Å². The molecule has 1 amide bonds. The van der Waals surface area contributed by atoms with Gasteiger partial charge < -0.3 is 15.0 Å². The van der Waals surface area contributed by atoms with Gasteiger partial charge in [0.15, 0.2) is 6.61 Å². The molecule has 0 unspecified atom stereocenters. The lowest BCUT2D eigenvalue weighted by Gasteiger charge is -2.27. The molecule has 20 heavy (non-hydrogen) atoms. The van der Waals surface area contributed by atoms with Gasteiger partial charge in [-0.15, -0.1) is 0 Å². The average Bonchev–Trinajstić information content (AvgIpc) is 2.46. The van der Waals surface area contributed by atoms with E-state index < -0.39 is 4.92 Å². The first-order valence-electron chi connectivity index (χ1n) is 6.14. The predicted molar refractivity (Wildman–Crippen MR) is 75.7 cm³/mol. The van der Waals surface area contributed by atoms with E-state index in [0.717, 1.165) is 13.1 Å². The molecule has 1 aromatic carbocycles. The summed E-state index contributed by atoms with van der Waals surface area (Å²) in [5, 5.41) is 14.1. The van der Waals surface area contributed by atoms with Crippen LogP contribution in [0.3, 0.4) is 0 Å². The molecule has 0 spiro atoms. The molecule has 7 nitrogen and oxygen atoms in total. The molecule has 1 N–H and O–H groups in total. The van der Waals surface area contributed by atoms with E-state index >= 15 is 0 Å². The fourth-order valence-electron chi connectivity index (χ4n) is 1.92.